The molecule has 1 atom stereocenters. The van der Waals surface area contributed by atoms with Gasteiger partial charge in [-0.3, -0.25) is 9.69 Å². The van der Waals surface area contributed by atoms with Gasteiger partial charge >= 0.3 is 0 Å². The highest BCUT2D eigenvalue weighted by Crippen LogP contribution is 2.20. The topological polar surface area (TPSA) is 53.0 Å². The summed E-state index contributed by atoms with van der Waals surface area (Å²) in [4.78, 5) is 16.6. The Balaban J connectivity index is 1.42. The zero-order chi connectivity index (χ0) is 18.4. The fourth-order valence-electron chi connectivity index (χ4n) is 3.49. The number of allylic oxidation sites excluding steroid dienone is 1. The largest absolute Gasteiger partial charge is 0.394 e. The molecular weight excluding hydrogens is 352 g/mol. The Hall–Kier alpha value is -1.40. The number of nitrogens with zero attached hydrogens (tertiary/aromatic N) is 2. The first-order chi connectivity index (χ1) is 12.6. The number of rotatable bonds is 5. The second kappa shape index (κ2) is 9.51. The van der Waals surface area contributed by atoms with Gasteiger partial charge in [-0.2, -0.15) is 0 Å². The van der Waals surface area contributed by atoms with Crippen LogP contribution in [-0.4, -0.2) is 72.9 Å². The molecule has 0 aromatic heterocycles. The Morgan fingerprint density at radius 1 is 1.23 bits per heavy atom. The number of halogens is 1. The van der Waals surface area contributed by atoms with Gasteiger partial charge in [0.2, 0.25) is 5.91 Å². The maximum atomic E-state index is 12.5. The van der Waals surface area contributed by atoms with Crippen LogP contribution in [0.5, 0.6) is 0 Å². The SMILES string of the molecule is O=C(CN1CCOC(CO)C1)N1CCC(/C=C/c2ccc(Cl)cc2)CC1. The average Bonchev–Trinajstić information content (AvgIpc) is 2.68. The van der Waals surface area contributed by atoms with Crippen molar-refractivity contribution in [1.29, 1.82) is 0 Å². The van der Waals surface area contributed by atoms with Crippen LogP contribution in [0.3, 0.4) is 0 Å². The normalized spacial score (nSPS) is 22.8. The molecule has 26 heavy (non-hydrogen) atoms. The summed E-state index contributed by atoms with van der Waals surface area (Å²) in [5.74, 6) is 0.695. The molecule has 142 valence electrons. The zero-order valence-electron chi connectivity index (χ0n) is 15.0. The predicted octanol–water partition coefficient (Wildman–Crippen LogP) is 2.28. The Labute approximate surface area is 160 Å². The van der Waals surface area contributed by atoms with E-state index in [-0.39, 0.29) is 18.6 Å². The van der Waals surface area contributed by atoms with Crippen LogP contribution in [-0.2, 0) is 9.53 Å². The van der Waals surface area contributed by atoms with E-state index in [4.69, 9.17) is 16.3 Å². The average molecular weight is 379 g/mol. The van der Waals surface area contributed by atoms with Gasteiger partial charge < -0.3 is 14.7 Å². The molecule has 2 aliphatic heterocycles. The van der Waals surface area contributed by atoms with Crippen LogP contribution in [0.2, 0.25) is 5.02 Å². The van der Waals surface area contributed by atoms with Gasteiger partial charge in [-0.1, -0.05) is 35.9 Å². The lowest BCUT2D eigenvalue weighted by Gasteiger charge is -2.35. The molecule has 1 aromatic carbocycles. The van der Waals surface area contributed by atoms with Crippen molar-refractivity contribution in [3.8, 4) is 0 Å². The summed E-state index contributed by atoms with van der Waals surface area (Å²) >= 11 is 5.91. The fraction of sp³-hybridized carbons (Fsp3) is 0.550. The summed E-state index contributed by atoms with van der Waals surface area (Å²) in [5, 5.41) is 9.96. The van der Waals surface area contributed by atoms with E-state index in [1.807, 2.05) is 29.2 Å². The molecule has 1 amide bonds. The van der Waals surface area contributed by atoms with E-state index in [0.717, 1.165) is 43.1 Å². The smallest absolute Gasteiger partial charge is 0.236 e. The van der Waals surface area contributed by atoms with Crippen LogP contribution >= 0.6 is 11.6 Å². The molecule has 0 aliphatic carbocycles. The molecule has 1 aromatic rings. The van der Waals surface area contributed by atoms with Gasteiger partial charge in [0.25, 0.3) is 0 Å². The molecule has 3 rings (SSSR count). The molecular formula is C20H27ClN2O3. The summed E-state index contributed by atoms with van der Waals surface area (Å²) in [5.41, 5.74) is 1.15. The second-order valence-corrected chi connectivity index (χ2v) is 7.48. The van der Waals surface area contributed by atoms with E-state index in [1.165, 1.54) is 0 Å². The third-order valence-corrected chi connectivity index (χ3v) is 5.36. The highest BCUT2D eigenvalue weighted by molar-refractivity contribution is 6.30. The van der Waals surface area contributed by atoms with Crippen molar-refractivity contribution in [3.63, 3.8) is 0 Å². The van der Waals surface area contributed by atoms with Crippen LogP contribution in [0.1, 0.15) is 18.4 Å². The minimum absolute atomic E-state index is 0.00996. The van der Waals surface area contributed by atoms with E-state index in [1.54, 1.807) is 0 Å². The lowest BCUT2D eigenvalue weighted by Crippen LogP contribution is -2.49. The zero-order valence-corrected chi connectivity index (χ0v) is 15.8. The van der Waals surface area contributed by atoms with E-state index in [9.17, 15) is 9.90 Å². The summed E-state index contributed by atoms with van der Waals surface area (Å²) in [6.45, 7) is 4.01. The van der Waals surface area contributed by atoms with Crippen molar-refractivity contribution in [2.24, 2.45) is 5.92 Å². The molecule has 5 nitrogen and oxygen atoms in total. The lowest BCUT2D eigenvalue weighted by molar-refractivity contribution is -0.136. The molecule has 2 fully saturated rings. The minimum atomic E-state index is -0.166. The van der Waals surface area contributed by atoms with Gasteiger partial charge in [-0.25, -0.2) is 0 Å². The molecule has 0 saturated carbocycles. The van der Waals surface area contributed by atoms with Crippen LogP contribution in [0.4, 0.5) is 0 Å². The number of likely N-dealkylation sites (tertiary alicyclic amines) is 1. The van der Waals surface area contributed by atoms with Gasteiger partial charge in [-0.05, 0) is 36.5 Å². The molecule has 6 heteroatoms. The van der Waals surface area contributed by atoms with Gasteiger partial charge in [0.1, 0.15) is 0 Å². The number of hydrogen-bond donors (Lipinski definition) is 1. The Morgan fingerprint density at radius 3 is 2.65 bits per heavy atom. The quantitative estimate of drug-likeness (QED) is 0.854. The first kappa shape index (κ1) is 19.4. The molecule has 1 N–H and O–H groups in total. The van der Waals surface area contributed by atoms with Crippen LogP contribution in [0, 0.1) is 5.92 Å². The Bertz CT molecular complexity index is 612. The third-order valence-electron chi connectivity index (χ3n) is 5.11. The minimum Gasteiger partial charge on any atom is -0.394 e. The van der Waals surface area contributed by atoms with Crippen molar-refractivity contribution < 1.29 is 14.6 Å². The summed E-state index contributed by atoms with van der Waals surface area (Å²) in [6, 6.07) is 7.82. The highest BCUT2D eigenvalue weighted by Gasteiger charge is 2.26. The number of ether oxygens (including phenoxy) is 1. The van der Waals surface area contributed by atoms with Crippen molar-refractivity contribution in [2.75, 3.05) is 45.9 Å². The van der Waals surface area contributed by atoms with Gasteiger partial charge in [0.05, 0.1) is 25.9 Å². The van der Waals surface area contributed by atoms with E-state index in [2.05, 4.69) is 17.1 Å². The highest BCUT2D eigenvalue weighted by atomic mass is 35.5. The number of hydrogen-bond acceptors (Lipinski definition) is 4. The van der Waals surface area contributed by atoms with Crippen LogP contribution in [0.15, 0.2) is 30.3 Å². The maximum Gasteiger partial charge on any atom is 0.236 e. The Kier molecular flexibility index (Phi) is 7.08. The number of carbonyl (C=O) groups is 1. The van der Waals surface area contributed by atoms with Crippen LogP contribution < -0.4 is 0 Å². The van der Waals surface area contributed by atoms with Crippen molar-refractivity contribution in [1.82, 2.24) is 9.80 Å². The number of aliphatic hydroxyl groups excluding tert-OH is 1. The summed E-state index contributed by atoms with van der Waals surface area (Å²) in [6.07, 6.45) is 6.22. The molecule has 0 radical (unpaired) electrons. The molecule has 0 spiro atoms. The molecule has 2 heterocycles. The standard InChI is InChI=1S/C20H27ClN2O3/c21-18-5-3-16(4-6-18)1-2-17-7-9-23(10-8-17)20(25)14-22-11-12-26-19(13-22)15-24/h1-6,17,19,24H,7-15H2/b2-1+. The second-order valence-electron chi connectivity index (χ2n) is 7.04. The molecule has 1 unspecified atom stereocenters. The predicted molar refractivity (Wildman–Crippen MR) is 103 cm³/mol. The van der Waals surface area contributed by atoms with Crippen molar-refractivity contribution in [3.05, 3.63) is 40.9 Å². The first-order valence-corrected chi connectivity index (χ1v) is 9.68. The summed E-state index contributed by atoms with van der Waals surface area (Å²) < 4.78 is 5.44. The first-order valence-electron chi connectivity index (χ1n) is 9.30. The van der Waals surface area contributed by atoms with E-state index < -0.39 is 0 Å². The third kappa shape index (κ3) is 5.55. The number of aliphatic hydroxyl groups is 1. The number of morpholine rings is 1. The molecule has 2 saturated heterocycles. The fourth-order valence-corrected chi connectivity index (χ4v) is 3.61. The lowest BCUT2D eigenvalue weighted by atomic mass is 9.95. The molecule has 0 bridgehead atoms. The monoisotopic (exact) mass is 378 g/mol. The molecule has 2 aliphatic rings. The van der Waals surface area contributed by atoms with Gasteiger partial charge in [0.15, 0.2) is 0 Å². The Morgan fingerprint density at radius 2 is 1.96 bits per heavy atom. The number of piperidine rings is 1. The number of benzene rings is 1. The summed E-state index contributed by atoms with van der Waals surface area (Å²) in [7, 11) is 0. The number of carbonyl (C=O) groups excluding carboxylic acids is 1. The van der Waals surface area contributed by atoms with Crippen molar-refractivity contribution in [2.45, 2.75) is 18.9 Å². The maximum absolute atomic E-state index is 12.5. The van der Waals surface area contributed by atoms with Crippen molar-refractivity contribution >= 4 is 23.6 Å². The van der Waals surface area contributed by atoms with Gasteiger partial charge in [0, 0.05) is 31.2 Å². The van der Waals surface area contributed by atoms with Crippen LogP contribution in [0.25, 0.3) is 6.08 Å². The van der Waals surface area contributed by atoms with E-state index >= 15 is 0 Å². The number of amides is 1. The van der Waals surface area contributed by atoms with E-state index in [0.29, 0.717) is 25.6 Å². The van der Waals surface area contributed by atoms with Gasteiger partial charge in [-0.15, -0.1) is 0 Å².